The van der Waals surface area contributed by atoms with Crippen LogP contribution in [0.3, 0.4) is 0 Å². The predicted octanol–water partition coefficient (Wildman–Crippen LogP) is 1.98. The van der Waals surface area contributed by atoms with Gasteiger partial charge >= 0.3 is 0 Å². The fourth-order valence-electron chi connectivity index (χ4n) is 1.06. The van der Waals surface area contributed by atoms with E-state index in [1.807, 2.05) is 24.3 Å². The highest BCUT2D eigenvalue weighted by Gasteiger charge is 2.02. The zero-order valence-electron chi connectivity index (χ0n) is 7.98. The van der Waals surface area contributed by atoms with Gasteiger partial charge in [0.05, 0.1) is 5.75 Å². The normalized spacial score (nSPS) is 11.3. The molecule has 15 heavy (non-hydrogen) atoms. The van der Waals surface area contributed by atoms with E-state index in [0.29, 0.717) is 13.0 Å². The number of anilines is 1. The van der Waals surface area contributed by atoms with Gasteiger partial charge in [0.2, 0.25) is 0 Å². The molecule has 0 atom stereocenters. The van der Waals surface area contributed by atoms with Crippen molar-refractivity contribution >= 4 is 38.4 Å². The van der Waals surface area contributed by atoms with E-state index >= 15 is 0 Å². The second-order valence-corrected chi connectivity index (χ2v) is 5.89. The minimum atomic E-state index is -3.83. The highest BCUT2D eigenvalue weighted by Crippen LogP contribution is 2.10. The van der Waals surface area contributed by atoms with Gasteiger partial charge in [-0.3, -0.25) is 4.55 Å². The Morgan fingerprint density at radius 2 is 1.87 bits per heavy atom. The number of rotatable bonds is 5. The molecule has 84 valence electrons. The summed E-state index contributed by atoms with van der Waals surface area (Å²) in [6.07, 6.45) is 0.394. The summed E-state index contributed by atoms with van der Waals surface area (Å²) >= 11 is 2.21. The summed E-state index contributed by atoms with van der Waals surface area (Å²) in [6.45, 7) is 0.528. The van der Waals surface area contributed by atoms with Crippen LogP contribution in [0.25, 0.3) is 0 Å². The summed E-state index contributed by atoms with van der Waals surface area (Å²) < 4.78 is 30.5. The number of hydrogen-bond acceptors (Lipinski definition) is 3. The smallest absolute Gasteiger partial charge is 0.264 e. The molecule has 0 bridgehead atoms. The summed E-state index contributed by atoms with van der Waals surface area (Å²) in [7, 11) is -3.83. The van der Waals surface area contributed by atoms with Crippen LogP contribution in [0.4, 0.5) is 5.69 Å². The molecule has 6 heteroatoms. The molecule has 1 rings (SSSR count). The van der Waals surface area contributed by atoms with E-state index in [0.717, 1.165) is 9.26 Å². The average Bonchev–Trinajstić information content (AvgIpc) is 2.14. The van der Waals surface area contributed by atoms with Crippen LogP contribution >= 0.6 is 22.6 Å². The lowest BCUT2D eigenvalue weighted by atomic mass is 10.3. The minimum Gasteiger partial charge on any atom is -0.385 e. The van der Waals surface area contributed by atoms with E-state index in [1.54, 1.807) is 0 Å². The maximum Gasteiger partial charge on any atom is 0.264 e. The van der Waals surface area contributed by atoms with Crippen LogP contribution < -0.4 is 5.32 Å². The Hall–Kier alpha value is -0.340. The van der Waals surface area contributed by atoms with Gasteiger partial charge in [0.25, 0.3) is 10.1 Å². The number of halogens is 1. The quantitative estimate of drug-likeness (QED) is 0.488. The summed E-state index contributed by atoms with van der Waals surface area (Å²) in [5.41, 5.74) is 0.950. The van der Waals surface area contributed by atoms with Gasteiger partial charge in [-0.2, -0.15) is 8.42 Å². The Morgan fingerprint density at radius 1 is 1.27 bits per heavy atom. The summed E-state index contributed by atoms with van der Waals surface area (Å²) in [5, 5.41) is 3.07. The molecule has 1 aromatic carbocycles. The Morgan fingerprint density at radius 3 is 2.40 bits per heavy atom. The Kier molecular flexibility index (Phi) is 4.81. The lowest BCUT2D eigenvalue weighted by Gasteiger charge is -2.05. The standard InChI is InChI=1S/C9H12INO3S/c10-8-2-4-9(5-3-8)11-6-1-7-15(12,13)14/h2-5,11H,1,6-7H2,(H,12,13,14). The van der Waals surface area contributed by atoms with Gasteiger partial charge in [-0.05, 0) is 53.3 Å². The minimum absolute atomic E-state index is 0.204. The van der Waals surface area contributed by atoms with Crippen LogP contribution in [0, 0.1) is 3.57 Å². The van der Waals surface area contributed by atoms with E-state index in [9.17, 15) is 8.42 Å². The SMILES string of the molecule is O=S(=O)(O)CCCNc1ccc(I)cc1. The second kappa shape index (κ2) is 5.66. The third-order valence-electron chi connectivity index (χ3n) is 1.75. The largest absolute Gasteiger partial charge is 0.385 e. The van der Waals surface area contributed by atoms with Crippen LogP contribution in [0.1, 0.15) is 6.42 Å². The van der Waals surface area contributed by atoms with Crippen molar-refractivity contribution in [2.45, 2.75) is 6.42 Å². The number of hydrogen-bond donors (Lipinski definition) is 2. The first-order chi connectivity index (χ1) is 6.97. The van der Waals surface area contributed by atoms with Crippen molar-refractivity contribution in [3.63, 3.8) is 0 Å². The molecule has 0 amide bonds. The molecule has 2 N–H and O–H groups in total. The van der Waals surface area contributed by atoms with Gasteiger partial charge in [-0.1, -0.05) is 0 Å². The third kappa shape index (κ3) is 5.95. The summed E-state index contributed by atoms with van der Waals surface area (Å²) in [4.78, 5) is 0. The van der Waals surface area contributed by atoms with Crippen molar-refractivity contribution in [3.8, 4) is 0 Å². The molecule has 0 aromatic heterocycles. The molecular weight excluding hydrogens is 329 g/mol. The fraction of sp³-hybridized carbons (Fsp3) is 0.333. The van der Waals surface area contributed by atoms with Crippen molar-refractivity contribution in [2.24, 2.45) is 0 Å². The monoisotopic (exact) mass is 341 g/mol. The molecule has 0 aliphatic carbocycles. The van der Waals surface area contributed by atoms with Crippen LogP contribution in [-0.2, 0) is 10.1 Å². The zero-order valence-corrected chi connectivity index (χ0v) is 11.0. The van der Waals surface area contributed by atoms with Gasteiger partial charge in [-0.25, -0.2) is 0 Å². The Bertz CT molecular complexity index is 402. The van der Waals surface area contributed by atoms with Crippen molar-refractivity contribution in [1.29, 1.82) is 0 Å². The Labute approximate surface area is 103 Å². The maximum absolute atomic E-state index is 10.4. The molecule has 0 fully saturated rings. The molecular formula is C9H12INO3S. The number of nitrogens with one attached hydrogen (secondary N) is 1. The topological polar surface area (TPSA) is 66.4 Å². The molecule has 0 spiro atoms. The van der Waals surface area contributed by atoms with Gasteiger partial charge in [0.15, 0.2) is 0 Å². The van der Waals surface area contributed by atoms with Crippen LogP contribution in [-0.4, -0.2) is 25.3 Å². The summed E-state index contributed by atoms with van der Waals surface area (Å²) in [6, 6.07) is 7.78. The van der Waals surface area contributed by atoms with Crippen LogP contribution in [0.2, 0.25) is 0 Å². The molecule has 0 unspecified atom stereocenters. The molecule has 0 aliphatic heterocycles. The van der Waals surface area contributed by atoms with E-state index < -0.39 is 10.1 Å². The van der Waals surface area contributed by atoms with Gasteiger partial charge in [0, 0.05) is 15.8 Å². The van der Waals surface area contributed by atoms with E-state index in [2.05, 4.69) is 27.9 Å². The molecule has 0 heterocycles. The van der Waals surface area contributed by atoms with E-state index in [4.69, 9.17) is 4.55 Å². The zero-order chi connectivity index (χ0) is 11.3. The van der Waals surface area contributed by atoms with Gasteiger partial charge in [-0.15, -0.1) is 0 Å². The third-order valence-corrected chi connectivity index (χ3v) is 3.28. The first kappa shape index (κ1) is 12.7. The average molecular weight is 341 g/mol. The maximum atomic E-state index is 10.4. The molecule has 1 aromatic rings. The number of benzene rings is 1. The molecule has 0 radical (unpaired) electrons. The van der Waals surface area contributed by atoms with Crippen LogP contribution in [0.5, 0.6) is 0 Å². The lowest BCUT2D eigenvalue weighted by Crippen LogP contribution is -2.10. The fourth-order valence-corrected chi connectivity index (χ4v) is 1.92. The first-order valence-electron chi connectivity index (χ1n) is 4.42. The molecule has 4 nitrogen and oxygen atoms in total. The molecule has 0 saturated carbocycles. The van der Waals surface area contributed by atoms with Crippen molar-refractivity contribution in [1.82, 2.24) is 0 Å². The lowest BCUT2D eigenvalue weighted by molar-refractivity contribution is 0.481. The van der Waals surface area contributed by atoms with Crippen LogP contribution in [0.15, 0.2) is 24.3 Å². The van der Waals surface area contributed by atoms with Gasteiger partial charge in [0.1, 0.15) is 0 Å². The highest BCUT2D eigenvalue weighted by molar-refractivity contribution is 14.1. The van der Waals surface area contributed by atoms with Crippen molar-refractivity contribution in [3.05, 3.63) is 27.8 Å². The van der Waals surface area contributed by atoms with Crippen molar-refractivity contribution in [2.75, 3.05) is 17.6 Å². The van der Waals surface area contributed by atoms with E-state index in [1.165, 1.54) is 0 Å². The first-order valence-corrected chi connectivity index (χ1v) is 7.11. The van der Waals surface area contributed by atoms with Crippen molar-refractivity contribution < 1.29 is 13.0 Å². The summed E-state index contributed by atoms with van der Waals surface area (Å²) in [5.74, 6) is -0.204. The highest BCUT2D eigenvalue weighted by atomic mass is 127. The van der Waals surface area contributed by atoms with E-state index in [-0.39, 0.29) is 5.75 Å². The molecule has 0 saturated heterocycles. The second-order valence-electron chi connectivity index (χ2n) is 3.07. The molecule has 0 aliphatic rings. The Balaban J connectivity index is 2.29. The predicted molar refractivity (Wildman–Crippen MR) is 68.7 cm³/mol. The van der Waals surface area contributed by atoms with Gasteiger partial charge < -0.3 is 5.32 Å².